The summed E-state index contributed by atoms with van der Waals surface area (Å²) in [5.41, 5.74) is 1.01. The molecule has 2 heterocycles. The summed E-state index contributed by atoms with van der Waals surface area (Å²) in [6.45, 7) is 2.62. The summed E-state index contributed by atoms with van der Waals surface area (Å²) < 4.78 is 5.64. The van der Waals surface area contributed by atoms with Gasteiger partial charge >= 0.3 is 0 Å². The van der Waals surface area contributed by atoms with Crippen molar-refractivity contribution in [1.29, 1.82) is 0 Å². The molecule has 104 valence electrons. The molecule has 2 fully saturated rings. The largest absolute Gasteiger partial charge is 0.376 e. The van der Waals surface area contributed by atoms with E-state index >= 15 is 0 Å². The molecule has 3 rings (SSSR count). The van der Waals surface area contributed by atoms with Crippen molar-refractivity contribution in [3.05, 3.63) is 18.1 Å². The number of anilines is 1. The van der Waals surface area contributed by atoms with Crippen molar-refractivity contribution in [1.82, 2.24) is 15.3 Å². The molecule has 0 bridgehead atoms. The molecule has 1 aromatic heterocycles. The van der Waals surface area contributed by atoms with Crippen LogP contribution in [0.3, 0.4) is 0 Å². The van der Waals surface area contributed by atoms with Crippen LogP contribution in [0, 0.1) is 0 Å². The van der Waals surface area contributed by atoms with E-state index in [1.807, 2.05) is 19.4 Å². The van der Waals surface area contributed by atoms with E-state index in [9.17, 15) is 0 Å². The van der Waals surface area contributed by atoms with Crippen LogP contribution >= 0.6 is 0 Å². The molecule has 0 spiro atoms. The quantitative estimate of drug-likeness (QED) is 0.838. The smallest absolute Gasteiger partial charge is 0.146 e. The molecular weight excluding hydrogens is 240 g/mol. The number of nitrogens with zero attached hydrogens (tertiary/aromatic N) is 3. The first-order chi connectivity index (χ1) is 9.31. The lowest BCUT2D eigenvalue weighted by Gasteiger charge is -2.21. The van der Waals surface area contributed by atoms with Gasteiger partial charge in [0.2, 0.25) is 0 Å². The Labute approximate surface area is 114 Å². The van der Waals surface area contributed by atoms with E-state index < -0.39 is 0 Å². The fourth-order valence-corrected chi connectivity index (χ4v) is 2.36. The standard InChI is InChI=1S/C14H22N4O/c1-18(10-13-3-2-6-19-13)14-9-16-12(8-17-14)7-15-11-4-5-11/h8-9,11,13,15H,2-7,10H2,1H3. The molecular formula is C14H22N4O. The summed E-state index contributed by atoms with van der Waals surface area (Å²) in [6.07, 6.45) is 9.01. The maximum absolute atomic E-state index is 5.64. The monoisotopic (exact) mass is 262 g/mol. The third-order valence-corrected chi connectivity index (χ3v) is 3.73. The van der Waals surface area contributed by atoms with Gasteiger partial charge in [-0.2, -0.15) is 0 Å². The van der Waals surface area contributed by atoms with Gasteiger partial charge in [-0.1, -0.05) is 0 Å². The van der Waals surface area contributed by atoms with Gasteiger partial charge in [-0.3, -0.25) is 4.98 Å². The maximum Gasteiger partial charge on any atom is 0.146 e. The summed E-state index contributed by atoms with van der Waals surface area (Å²) in [6, 6.07) is 0.712. The van der Waals surface area contributed by atoms with Crippen molar-refractivity contribution >= 4 is 5.82 Å². The van der Waals surface area contributed by atoms with Crippen LogP contribution in [0.25, 0.3) is 0 Å². The molecule has 1 unspecified atom stereocenters. The highest BCUT2D eigenvalue weighted by Gasteiger charge is 2.20. The Hall–Kier alpha value is -1.20. The van der Waals surface area contributed by atoms with Crippen LogP contribution in [0.15, 0.2) is 12.4 Å². The second-order valence-electron chi connectivity index (χ2n) is 5.54. The Morgan fingerprint density at radius 3 is 2.84 bits per heavy atom. The second kappa shape index (κ2) is 5.84. The summed E-state index contributed by atoms with van der Waals surface area (Å²) in [5.74, 6) is 0.922. The summed E-state index contributed by atoms with van der Waals surface area (Å²) >= 11 is 0. The van der Waals surface area contributed by atoms with Crippen molar-refractivity contribution in [2.24, 2.45) is 0 Å². The molecule has 1 atom stereocenters. The number of hydrogen-bond acceptors (Lipinski definition) is 5. The molecule has 0 radical (unpaired) electrons. The number of likely N-dealkylation sites (N-methyl/N-ethyl adjacent to an activating group) is 1. The minimum Gasteiger partial charge on any atom is -0.376 e. The Balaban J connectivity index is 1.51. The zero-order valence-electron chi connectivity index (χ0n) is 11.5. The Kier molecular flexibility index (Phi) is 3.94. The maximum atomic E-state index is 5.64. The van der Waals surface area contributed by atoms with Crippen LogP contribution < -0.4 is 10.2 Å². The average molecular weight is 262 g/mol. The average Bonchev–Trinajstić information content (AvgIpc) is 3.13. The van der Waals surface area contributed by atoms with E-state index in [0.29, 0.717) is 12.1 Å². The molecule has 2 aliphatic rings. The minimum absolute atomic E-state index is 0.350. The van der Waals surface area contributed by atoms with E-state index in [4.69, 9.17) is 4.74 Å². The van der Waals surface area contributed by atoms with Gasteiger partial charge in [0.05, 0.1) is 24.2 Å². The number of nitrogens with one attached hydrogen (secondary N) is 1. The minimum atomic E-state index is 0.350. The summed E-state index contributed by atoms with van der Waals surface area (Å²) in [5, 5.41) is 3.44. The number of hydrogen-bond donors (Lipinski definition) is 1. The van der Waals surface area contributed by atoms with E-state index in [1.165, 1.54) is 19.3 Å². The fourth-order valence-electron chi connectivity index (χ4n) is 2.36. The summed E-state index contributed by atoms with van der Waals surface area (Å²) in [4.78, 5) is 11.1. The molecule has 1 saturated heterocycles. The topological polar surface area (TPSA) is 50.3 Å². The lowest BCUT2D eigenvalue weighted by atomic mass is 10.2. The van der Waals surface area contributed by atoms with Crippen molar-refractivity contribution in [3.63, 3.8) is 0 Å². The first-order valence-electron chi connectivity index (χ1n) is 7.18. The molecule has 1 saturated carbocycles. The third kappa shape index (κ3) is 3.64. The second-order valence-corrected chi connectivity index (χ2v) is 5.54. The predicted molar refractivity (Wildman–Crippen MR) is 74.1 cm³/mol. The molecule has 5 heteroatoms. The van der Waals surface area contributed by atoms with Gasteiger partial charge in [-0.15, -0.1) is 0 Å². The molecule has 1 N–H and O–H groups in total. The van der Waals surface area contributed by atoms with Crippen LogP contribution in [0.4, 0.5) is 5.82 Å². The van der Waals surface area contributed by atoms with Gasteiger partial charge in [-0.05, 0) is 25.7 Å². The summed E-state index contributed by atoms with van der Waals surface area (Å²) in [7, 11) is 2.05. The number of aromatic nitrogens is 2. The number of rotatable bonds is 6. The normalized spacial score (nSPS) is 22.7. The van der Waals surface area contributed by atoms with E-state index in [1.54, 1.807) is 0 Å². The highest BCUT2D eigenvalue weighted by atomic mass is 16.5. The van der Waals surface area contributed by atoms with E-state index in [2.05, 4.69) is 20.2 Å². The fraction of sp³-hybridized carbons (Fsp3) is 0.714. The zero-order valence-corrected chi connectivity index (χ0v) is 11.5. The van der Waals surface area contributed by atoms with Crippen LogP contribution in [-0.2, 0) is 11.3 Å². The molecule has 5 nitrogen and oxygen atoms in total. The van der Waals surface area contributed by atoms with Crippen LogP contribution in [0.5, 0.6) is 0 Å². The van der Waals surface area contributed by atoms with Crippen molar-refractivity contribution in [2.45, 2.75) is 44.4 Å². The van der Waals surface area contributed by atoms with Gasteiger partial charge < -0.3 is 15.0 Å². The number of ether oxygens (including phenoxy) is 1. The lowest BCUT2D eigenvalue weighted by Crippen LogP contribution is -2.29. The van der Waals surface area contributed by atoms with E-state index in [0.717, 1.165) is 37.6 Å². The predicted octanol–water partition coefficient (Wildman–Crippen LogP) is 1.34. The zero-order chi connectivity index (χ0) is 13.1. The van der Waals surface area contributed by atoms with Gasteiger partial charge in [-0.25, -0.2) is 4.98 Å². The van der Waals surface area contributed by atoms with Gasteiger partial charge in [0, 0.05) is 32.8 Å². The lowest BCUT2D eigenvalue weighted by molar-refractivity contribution is 0.116. The van der Waals surface area contributed by atoms with Crippen LogP contribution in [0.2, 0.25) is 0 Å². The SMILES string of the molecule is CN(CC1CCCO1)c1cnc(CNC2CC2)cn1. The first-order valence-corrected chi connectivity index (χ1v) is 7.18. The molecule has 0 amide bonds. The Morgan fingerprint density at radius 1 is 1.32 bits per heavy atom. The van der Waals surface area contributed by atoms with Crippen molar-refractivity contribution in [2.75, 3.05) is 25.1 Å². The van der Waals surface area contributed by atoms with Crippen LogP contribution in [0.1, 0.15) is 31.4 Å². The van der Waals surface area contributed by atoms with Crippen LogP contribution in [-0.4, -0.2) is 42.3 Å². The highest BCUT2D eigenvalue weighted by Crippen LogP contribution is 2.19. The molecule has 1 aliphatic heterocycles. The van der Waals surface area contributed by atoms with Crippen molar-refractivity contribution < 1.29 is 4.74 Å². The van der Waals surface area contributed by atoms with Gasteiger partial charge in [0.15, 0.2) is 0 Å². The molecule has 1 aliphatic carbocycles. The highest BCUT2D eigenvalue weighted by molar-refractivity contribution is 5.34. The van der Waals surface area contributed by atoms with E-state index in [-0.39, 0.29) is 0 Å². The van der Waals surface area contributed by atoms with Crippen molar-refractivity contribution in [3.8, 4) is 0 Å². The Bertz CT molecular complexity index is 398. The van der Waals surface area contributed by atoms with Gasteiger partial charge in [0.25, 0.3) is 0 Å². The Morgan fingerprint density at radius 2 is 2.21 bits per heavy atom. The third-order valence-electron chi connectivity index (χ3n) is 3.73. The van der Waals surface area contributed by atoms with Gasteiger partial charge in [0.1, 0.15) is 5.82 Å². The molecule has 19 heavy (non-hydrogen) atoms. The molecule has 0 aromatic carbocycles. The molecule has 1 aromatic rings. The first kappa shape index (κ1) is 12.8.